The van der Waals surface area contributed by atoms with Crippen molar-refractivity contribution in [3.63, 3.8) is 0 Å². The van der Waals surface area contributed by atoms with Crippen LogP contribution in [-0.4, -0.2) is 137 Å². The van der Waals surface area contributed by atoms with Gasteiger partial charge in [-0.2, -0.15) is 0 Å². The summed E-state index contributed by atoms with van der Waals surface area (Å²) in [6, 6.07) is -0.756. The zero-order chi connectivity index (χ0) is 38.2. The molecule has 0 radical (unpaired) electrons. The van der Waals surface area contributed by atoms with Crippen molar-refractivity contribution in [3.05, 3.63) is 0 Å². The van der Waals surface area contributed by atoms with Gasteiger partial charge in [0, 0.05) is 49.2 Å². The number of fused-ring (bicyclic) bond motifs is 1. The van der Waals surface area contributed by atoms with Gasteiger partial charge in [-0.05, 0) is 130 Å². The lowest BCUT2D eigenvalue weighted by molar-refractivity contribution is 0.0726. The fraction of sp³-hybridized carbons (Fsp3) is 0.812. The maximum Gasteiger partial charge on any atom is 0.367 e. The fourth-order valence-corrected chi connectivity index (χ4v) is 7.76. The predicted molar refractivity (Wildman–Crippen MR) is 200 cm³/mol. The summed E-state index contributed by atoms with van der Waals surface area (Å²) in [6.45, 7) is 21.6. The fourth-order valence-electron chi connectivity index (χ4n) is 4.70. The van der Waals surface area contributed by atoms with Gasteiger partial charge >= 0.3 is 33.3 Å². The topological polar surface area (TPSA) is 152 Å². The van der Waals surface area contributed by atoms with Crippen molar-refractivity contribution in [2.24, 2.45) is 0 Å². The highest BCUT2D eigenvalue weighted by Gasteiger charge is 2.58. The molecule has 0 N–H and O–H groups in total. The van der Waals surface area contributed by atoms with Crippen LogP contribution in [0.25, 0.3) is 0 Å². The number of urea groups is 2. The number of rotatable bonds is 12. The molecule has 0 aromatic carbocycles. The molecule has 18 heteroatoms. The van der Waals surface area contributed by atoms with Crippen molar-refractivity contribution in [2.75, 3.05) is 49.2 Å². The van der Waals surface area contributed by atoms with E-state index in [1.807, 2.05) is 0 Å². The summed E-state index contributed by atoms with van der Waals surface area (Å²) in [4.78, 5) is 84.2. The minimum atomic E-state index is -0.772. The third-order valence-corrected chi connectivity index (χ3v) is 9.12. The van der Waals surface area contributed by atoms with Crippen LogP contribution in [0.15, 0.2) is 0 Å². The first-order valence-electron chi connectivity index (χ1n) is 16.4. The maximum atomic E-state index is 14.1. The third-order valence-electron chi connectivity index (χ3n) is 6.29. The molecule has 2 saturated heterocycles. The molecule has 2 aliphatic rings. The Morgan fingerprint density at radius 2 is 0.620 bits per heavy atom. The van der Waals surface area contributed by atoms with Crippen molar-refractivity contribution in [1.29, 1.82) is 0 Å². The van der Waals surface area contributed by atoms with E-state index in [4.69, 9.17) is 18.9 Å². The van der Waals surface area contributed by atoms with E-state index < -0.39 is 55.9 Å². The van der Waals surface area contributed by atoms with E-state index in [0.717, 1.165) is 47.0 Å². The van der Waals surface area contributed by atoms with Gasteiger partial charge in [-0.25, -0.2) is 28.8 Å². The third kappa shape index (κ3) is 15.2. The Hall–Kier alpha value is -2.18. The number of carbonyl (C=O) groups is 6. The highest BCUT2D eigenvalue weighted by atomic mass is 32.2. The standard InChI is InChI=1S/C32H54N4O10S4/c1-29(2,3)43-25(39)47-17-13-33-21-22(35(23(33)37)15-19-49-27(41)45-31(7,8)9)36(16-20-50-28(42)46-32(10,11)12)24(38)34(21)14-18-48-26(40)44-30(4,5)6/h21-22H,13-20H2,1-12H3. The van der Waals surface area contributed by atoms with E-state index >= 15 is 0 Å². The second kappa shape index (κ2) is 18.0. The minimum absolute atomic E-state index is 0.114. The zero-order valence-electron chi connectivity index (χ0n) is 31.3. The summed E-state index contributed by atoms with van der Waals surface area (Å²) in [7, 11) is 0. The van der Waals surface area contributed by atoms with Gasteiger partial charge in [-0.15, -0.1) is 0 Å². The van der Waals surface area contributed by atoms with Crippen LogP contribution in [0.3, 0.4) is 0 Å². The van der Waals surface area contributed by atoms with Crippen LogP contribution in [0.5, 0.6) is 0 Å². The van der Waals surface area contributed by atoms with E-state index in [-0.39, 0.29) is 61.3 Å². The van der Waals surface area contributed by atoms with E-state index in [0.29, 0.717) is 0 Å². The van der Waals surface area contributed by atoms with Crippen LogP contribution in [0.4, 0.5) is 28.8 Å². The normalized spacial score (nSPS) is 18.4. The first-order valence-corrected chi connectivity index (χ1v) is 20.3. The predicted octanol–water partition coefficient (Wildman–Crippen LogP) is 7.79. The quantitative estimate of drug-likeness (QED) is 0.140. The SMILES string of the molecule is CC(C)(C)OC(=O)SCCN1C(=O)N(CCSC(=O)OC(C)(C)C)C2C1N(CCSC(=O)OC(C)(C)C)C(=O)N2CCSC(=O)OC(C)(C)C. The lowest BCUT2D eigenvalue weighted by atomic mass is 10.2. The molecule has 4 amide bonds. The molecule has 2 heterocycles. The highest BCUT2D eigenvalue weighted by Crippen LogP contribution is 2.36. The molecule has 0 bridgehead atoms. The zero-order valence-corrected chi connectivity index (χ0v) is 34.6. The summed E-state index contributed by atoms with van der Waals surface area (Å²) in [5, 5.41) is -1.94. The van der Waals surface area contributed by atoms with Gasteiger partial charge in [0.15, 0.2) is 0 Å². The number of hydrogen-bond donors (Lipinski definition) is 0. The second-order valence-electron chi connectivity index (χ2n) is 15.4. The van der Waals surface area contributed by atoms with E-state index in [1.54, 1.807) is 83.1 Å². The van der Waals surface area contributed by atoms with Crippen molar-refractivity contribution in [3.8, 4) is 0 Å². The Balaban J connectivity index is 2.35. The lowest BCUT2D eigenvalue weighted by Gasteiger charge is -2.30. The molecular formula is C32H54N4O10S4. The molecule has 0 saturated carbocycles. The van der Waals surface area contributed by atoms with Crippen LogP contribution in [-0.2, 0) is 18.9 Å². The number of ether oxygens (including phenoxy) is 4. The van der Waals surface area contributed by atoms with Crippen LogP contribution in [0.2, 0.25) is 0 Å². The molecule has 2 fully saturated rings. The molecule has 0 aromatic rings. The van der Waals surface area contributed by atoms with Gasteiger partial charge in [0.2, 0.25) is 0 Å². The first-order chi connectivity index (χ1) is 22.8. The average Bonchev–Trinajstić information content (AvgIpc) is 3.30. The smallest absolute Gasteiger partial charge is 0.367 e. The average molecular weight is 783 g/mol. The molecule has 286 valence electrons. The Morgan fingerprint density at radius 1 is 0.440 bits per heavy atom. The second-order valence-corrected chi connectivity index (χ2v) is 19.5. The van der Waals surface area contributed by atoms with E-state index in [1.165, 1.54) is 19.6 Å². The summed E-state index contributed by atoms with van der Waals surface area (Å²) in [5.74, 6) is 0.808. The maximum absolute atomic E-state index is 14.1. The van der Waals surface area contributed by atoms with Crippen LogP contribution >= 0.6 is 47.0 Å². The summed E-state index contributed by atoms with van der Waals surface area (Å²) < 4.78 is 21.6. The van der Waals surface area contributed by atoms with Crippen LogP contribution < -0.4 is 0 Å². The number of carbonyl (C=O) groups excluding carboxylic acids is 6. The van der Waals surface area contributed by atoms with Crippen molar-refractivity contribution in [1.82, 2.24) is 19.6 Å². The molecule has 2 aliphatic heterocycles. The number of thioether (sulfide) groups is 4. The lowest BCUT2D eigenvalue weighted by Crippen LogP contribution is -2.48. The highest BCUT2D eigenvalue weighted by molar-refractivity contribution is 8.14. The van der Waals surface area contributed by atoms with E-state index in [9.17, 15) is 28.8 Å². The summed E-state index contributed by atoms with van der Waals surface area (Å²) in [6.07, 6.45) is -1.54. The Kier molecular flexibility index (Phi) is 15.9. The summed E-state index contributed by atoms with van der Waals surface area (Å²) in [5.41, 5.74) is -2.72. The number of amides is 4. The van der Waals surface area contributed by atoms with Gasteiger partial charge in [-0.1, -0.05) is 0 Å². The van der Waals surface area contributed by atoms with Crippen LogP contribution in [0.1, 0.15) is 83.1 Å². The molecule has 0 unspecified atom stereocenters. The number of hydrogen-bond acceptors (Lipinski definition) is 14. The van der Waals surface area contributed by atoms with Gasteiger partial charge in [0.25, 0.3) is 0 Å². The van der Waals surface area contributed by atoms with Crippen molar-refractivity contribution in [2.45, 2.75) is 118 Å². The monoisotopic (exact) mass is 782 g/mol. The molecule has 14 nitrogen and oxygen atoms in total. The van der Waals surface area contributed by atoms with E-state index in [2.05, 4.69) is 0 Å². The van der Waals surface area contributed by atoms with Gasteiger partial charge in [0.05, 0.1) is 0 Å². The Labute approximate surface area is 313 Å². The largest absolute Gasteiger partial charge is 0.452 e. The van der Waals surface area contributed by atoms with Crippen molar-refractivity contribution < 1.29 is 47.7 Å². The first kappa shape index (κ1) is 44.0. The Morgan fingerprint density at radius 3 is 0.780 bits per heavy atom. The Bertz CT molecular complexity index is 1060. The van der Waals surface area contributed by atoms with Crippen LogP contribution in [0, 0.1) is 0 Å². The summed E-state index contributed by atoms with van der Waals surface area (Å²) >= 11 is 3.72. The van der Waals surface area contributed by atoms with Crippen molar-refractivity contribution >= 4 is 80.3 Å². The van der Waals surface area contributed by atoms with Gasteiger partial charge in [-0.3, -0.25) is 19.6 Å². The molecule has 0 aliphatic carbocycles. The van der Waals surface area contributed by atoms with Gasteiger partial charge in [0.1, 0.15) is 34.7 Å². The molecule has 2 rings (SSSR count). The molecular weight excluding hydrogens is 729 g/mol. The molecule has 50 heavy (non-hydrogen) atoms. The minimum Gasteiger partial charge on any atom is -0.452 e. The van der Waals surface area contributed by atoms with Gasteiger partial charge < -0.3 is 18.9 Å². The molecule has 0 atom stereocenters. The number of nitrogens with zero attached hydrogens (tertiary/aromatic N) is 4. The molecule has 0 aromatic heterocycles. The molecule has 0 spiro atoms.